The molecule has 2 fully saturated rings. The smallest absolute Gasteiger partial charge is 0.315 e. The van der Waals surface area contributed by atoms with E-state index in [1.54, 1.807) is 12.4 Å². The number of likely N-dealkylation sites (tertiary alicyclic amines) is 1. The van der Waals surface area contributed by atoms with Crippen LogP contribution < -0.4 is 15.5 Å². The van der Waals surface area contributed by atoms with Crippen molar-refractivity contribution in [3.63, 3.8) is 0 Å². The van der Waals surface area contributed by atoms with Crippen molar-refractivity contribution >= 4 is 12.0 Å². The average molecular weight is 361 g/mol. The van der Waals surface area contributed by atoms with Gasteiger partial charge in [0.1, 0.15) is 0 Å². The third-order valence-electron chi connectivity index (χ3n) is 5.25. The van der Waals surface area contributed by atoms with E-state index in [-0.39, 0.29) is 12.1 Å². The molecule has 26 heavy (non-hydrogen) atoms. The molecule has 0 spiro atoms. The first-order chi connectivity index (χ1) is 12.6. The maximum absolute atomic E-state index is 12.2. The van der Waals surface area contributed by atoms with Gasteiger partial charge < -0.3 is 20.4 Å². The lowest BCUT2D eigenvalue weighted by atomic mass is 9.92. The predicted molar refractivity (Wildman–Crippen MR) is 103 cm³/mol. The van der Waals surface area contributed by atoms with E-state index in [4.69, 9.17) is 0 Å². The molecule has 0 saturated carbocycles. The summed E-state index contributed by atoms with van der Waals surface area (Å²) in [5.41, 5.74) is 0. The van der Waals surface area contributed by atoms with Crippen molar-refractivity contribution < 1.29 is 4.79 Å². The molecule has 2 amide bonds. The van der Waals surface area contributed by atoms with E-state index in [1.807, 2.05) is 6.07 Å². The Kier molecular flexibility index (Phi) is 6.66. The van der Waals surface area contributed by atoms with Gasteiger partial charge in [0.25, 0.3) is 0 Å². The lowest BCUT2D eigenvalue weighted by Crippen LogP contribution is -2.52. The molecule has 0 aromatic carbocycles. The topological polar surface area (TPSA) is 73.4 Å². The fourth-order valence-electron chi connectivity index (χ4n) is 4.27. The molecule has 3 heterocycles. The van der Waals surface area contributed by atoms with Crippen LogP contribution in [0.1, 0.15) is 33.1 Å². The molecule has 7 heteroatoms. The van der Waals surface area contributed by atoms with Crippen molar-refractivity contribution in [2.24, 2.45) is 11.8 Å². The Morgan fingerprint density at radius 2 is 1.92 bits per heavy atom. The summed E-state index contributed by atoms with van der Waals surface area (Å²) in [6, 6.07) is 1.90. The summed E-state index contributed by atoms with van der Waals surface area (Å²) in [5.74, 6) is 2.25. The van der Waals surface area contributed by atoms with E-state index < -0.39 is 0 Å². The SMILES string of the molecule is CC1CC(C)CN(CCNC(=O)NC2CCCN(c3ncccn3)C2)C1. The monoisotopic (exact) mass is 360 g/mol. The van der Waals surface area contributed by atoms with Gasteiger partial charge in [-0.1, -0.05) is 13.8 Å². The van der Waals surface area contributed by atoms with Crippen LogP contribution in [0.2, 0.25) is 0 Å². The van der Waals surface area contributed by atoms with Crippen LogP contribution in [0.15, 0.2) is 18.5 Å². The lowest BCUT2D eigenvalue weighted by molar-refractivity contribution is 0.142. The first kappa shape index (κ1) is 18.9. The summed E-state index contributed by atoms with van der Waals surface area (Å²) in [6.07, 6.45) is 6.86. The second kappa shape index (κ2) is 9.16. The number of nitrogens with zero attached hydrogens (tertiary/aromatic N) is 4. The van der Waals surface area contributed by atoms with Crippen molar-refractivity contribution in [1.29, 1.82) is 0 Å². The van der Waals surface area contributed by atoms with E-state index in [9.17, 15) is 4.79 Å². The Balaban J connectivity index is 1.38. The summed E-state index contributed by atoms with van der Waals surface area (Å²) in [7, 11) is 0. The first-order valence-corrected chi connectivity index (χ1v) is 9.89. The number of nitrogens with one attached hydrogen (secondary N) is 2. The van der Waals surface area contributed by atoms with Gasteiger partial charge >= 0.3 is 6.03 Å². The molecule has 2 aliphatic rings. The quantitative estimate of drug-likeness (QED) is 0.836. The van der Waals surface area contributed by atoms with E-state index in [0.717, 1.165) is 63.3 Å². The number of rotatable bonds is 5. The van der Waals surface area contributed by atoms with Gasteiger partial charge in [-0.05, 0) is 37.2 Å². The molecule has 144 valence electrons. The maximum atomic E-state index is 12.2. The second-order valence-electron chi connectivity index (χ2n) is 7.94. The third-order valence-corrected chi connectivity index (χ3v) is 5.25. The molecule has 0 bridgehead atoms. The zero-order valence-electron chi connectivity index (χ0n) is 16.0. The lowest BCUT2D eigenvalue weighted by Gasteiger charge is -2.35. The number of aromatic nitrogens is 2. The minimum atomic E-state index is -0.0658. The van der Waals surface area contributed by atoms with Gasteiger partial charge in [-0.15, -0.1) is 0 Å². The van der Waals surface area contributed by atoms with Gasteiger partial charge in [-0.3, -0.25) is 0 Å². The molecular formula is C19H32N6O. The van der Waals surface area contributed by atoms with Crippen LogP contribution >= 0.6 is 0 Å². The number of piperidine rings is 2. The fraction of sp³-hybridized carbons (Fsp3) is 0.737. The Morgan fingerprint density at radius 3 is 2.65 bits per heavy atom. The molecule has 2 aliphatic heterocycles. The molecule has 0 aliphatic carbocycles. The minimum absolute atomic E-state index is 0.0658. The van der Waals surface area contributed by atoms with E-state index in [0.29, 0.717) is 6.54 Å². The zero-order chi connectivity index (χ0) is 18.4. The van der Waals surface area contributed by atoms with Crippen LogP contribution in [-0.2, 0) is 0 Å². The number of amides is 2. The van der Waals surface area contributed by atoms with Crippen LogP contribution in [0.3, 0.4) is 0 Å². The van der Waals surface area contributed by atoms with Crippen LogP contribution in [0.25, 0.3) is 0 Å². The molecule has 0 radical (unpaired) electrons. The highest BCUT2D eigenvalue weighted by molar-refractivity contribution is 5.74. The Morgan fingerprint density at radius 1 is 1.19 bits per heavy atom. The summed E-state index contributed by atoms with van der Waals surface area (Å²) in [5, 5.41) is 6.13. The maximum Gasteiger partial charge on any atom is 0.315 e. The van der Waals surface area contributed by atoms with Crippen LogP contribution in [0.4, 0.5) is 10.7 Å². The minimum Gasteiger partial charge on any atom is -0.339 e. The number of urea groups is 1. The van der Waals surface area contributed by atoms with E-state index in [1.165, 1.54) is 6.42 Å². The Hall–Kier alpha value is -1.89. The predicted octanol–water partition coefficient (Wildman–Crippen LogP) is 1.72. The molecule has 2 saturated heterocycles. The molecule has 3 atom stereocenters. The van der Waals surface area contributed by atoms with Gasteiger partial charge in [0.15, 0.2) is 0 Å². The van der Waals surface area contributed by atoms with Gasteiger partial charge in [0.2, 0.25) is 5.95 Å². The average Bonchev–Trinajstić information content (AvgIpc) is 2.62. The molecule has 1 aromatic rings. The summed E-state index contributed by atoms with van der Waals surface area (Å²) >= 11 is 0. The summed E-state index contributed by atoms with van der Waals surface area (Å²) < 4.78 is 0. The fourth-order valence-corrected chi connectivity index (χ4v) is 4.27. The van der Waals surface area contributed by atoms with Crippen LogP contribution in [-0.4, -0.2) is 66.2 Å². The van der Waals surface area contributed by atoms with Gasteiger partial charge in [-0.25, -0.2) is 14.8 Å². The van der Waals surface area contributed by atoms with Crippen molar-refractivity contribution in [2.75, 3.05) is 44.2 Å². The normalized spacial score (nSPS) is 27.2. The van der Waals surface area contributed by atoms with Gasteiger partial charge in [-0.2, -0.15) is 0 Å². The molecule has 7 nitrogen and oxygen atoms in total. The van der Waals surface area contributed by atoms with Crippen molar-refractivity contribution in [3.05, 3.63) is 18.5 Å². The molecule has 1 aromatic heterocycles. The van der Waals surface area contributed by atoms with Crippen molar-refractivity contribution in [2.45, 2.75) is 39.2 Å². The van der Waals surface area contributed by atoms with E-state index >= 15 is 0 Å². The van der Waals surface area contributed by atoms with Crippen molar-refractivity contribution in [3.8, 4) is 0 Å². The molecular weight excluding hydrogens is 328 g/mol. The van der Waals surface area contributed by atoms with Gasteiger partial charge in [0.05, 0.1) is 0 Å². The van der Waals surface area contributed by atoms with Crippen LogP contribution in [0, 0.1) is 11.8 Å². The summed E-state index contributed by atoms with van der Waals surface area (Å²) in [6.45, 7) is 10.2. The zero-order valence-corrected chi connectivity index (χ0v) is 16.0. The van der Waals surface area contributed by atoms with Gasteiger partial charge in [0, 0.05) is 57.7 Å². The Labute approximate surface area is 156 Å². The standard InChI is InChI=1S/C19H32N6O/c1-15-11-16(2)13-24(12-15)10-8-22-19(26)23-17-5-3-9-25(14-17)18-20-6-4-7-21-18/h4,6-7,15-17H,3,5,8-14H2,1-2H3,(H2,22,23,26). The highest BCUT2D eigenvalue weighted by Crippen LogP contribution is 2.20. The number of carbonyl (C=O) groups is 1. The first-order valence-electron chi connectivity index (χ1n) is 9.89. The molecule has 2 N–H and O–H groups in total. The highest BCUT2D eigenvalue weighted by atomic mass is 16.2. The highest BCUT2D eigenvalue weighted by Gasteiger charge is 2.24. The second-order valence-corrected chi connectivity index (χ2v) is 7.94. The number of carbonyl (C=O) groups excluding carboxylic acids is 1. The largest absolute Gasteiger partial charge is 0.339 e. The number of hydrogen-bond donors (Lipinski definition) is 2. The molecule has 3 rings (SSSR count). The number of hydrogen-bond acceptors (Lipinski definition) is 5. The Bertz CT molecular complexity index is 558. The van der Waals surface area contributed by atoms with Crippen molar-refractivity contribution in [1.82, 2.24) is 25.5 Å². The van der Waals surface area contributed by atoms with Crippen LogP contribution in [0.5, 0.6) is 0 Å². The molecule has 3 unspecified atom stereocenters. The van der Waals surface area contributed by atoms with E-state index in [2.05, 4.69) is 44.2 Å². The number of anilines is 1. The third kappa shape index (κ3) is 5.56. The summed E-state index contributed by atoms with van der Waals surface area (Å²) in [4.78, 5) is 25.5.